The lowest BCUT2D eigenvalue weighted by molar-refractivity contribution is -0.139. The number of ether oxygens (including phenoxy) is 2. The van der Waals surface area contributed by atoms with Gasteiger partial charge in [-0.15, -0.1) is 0 Å². The lowest BCUT2D eigenvalue weighted by atomic mass is 10.1. The van der Waals surface area contributed by atoms with Crippen LogP contribution in [-0.4, -0.2) is 13.1 Å². The van der Waals surface area contributed by atoms with Crippen LogP contribution in [0.25, 0.3) is 0 Å². The van der Waals surface area contributed by atoms with Crippen LogP contribution in [0.2, 0.25) is 0 Å². The van der Waals surface area contributed by atoms with Gasteiger partial charge in [-0.1, -0.05) is 39.1 Å². The van der Waals surface area contributed by atoms with Crippen LogP contribution in [0.5, 0.6) is 5.75 Å². The number of halogens is 3. The average molecular weight is 338 g/mol. The highest BCUT2D eigenvalue weighted by molar-refractivity contribution is 9.10. The van der Waals surface area contributed by atoms with Gasteiger partial charge in [-0.25, -0.2) is 4.79 Å². The van der Waals surface area contributed by atoms with Crippen LogP contribution in [0.3, 0.4) is 0 Å². The van der Waals surface area contributed by atoms with E-state index in [1.54, 1.807) is 12.1 Å². The second-order valence-corrected chi connectivity index (χ2v) is 5.03. The van der Waals surface area contributed by atoms with E-state index in [1.807, 2.05) is 6.07 Å². The van der Waals surface area contributed by atoms with Crippen LogP contribution < -0.4 is 4.74 Å². The molecule has 0 amide bonds. The second kappa shape index (κ2) is 4.88. The van der Waals surface area contributed by atoms with Crippen molar-refractivity contribution in [2.24, 2.45) is 0 Å². The highest BCUT2D eigenvalue weighted by atomic mass is 79.9. The quantitative estimate of drug-likeness (QED) is 0.771. The van der Waals surface area contributed by atoms with Crippen LogP contribution in [0, 0.1) is 0 Å². The van der Waals surface area contributed by atoms with Gasteiger partial charge < -0.3 is 9.47 Å². The van der Waals surface area contributed by atoms with Crippen LogP contribution >= 0.6 is 39.1 Å². The first kappa shape index (κ1) is 12.7. The van der Waals surface area contributed by atoms with E-state index in [-0.39, 0.29) is 10.1 Å². The van der Waals surface area contributed by atoms with Crippen LogP contribution in [0.4, 0.5) is 0 Å². The Hall–Kier alpha value is -0.710. The zero-order chi connectivity index (χ0) is 12.6. The molecule has 90 valence electrons. The number of rotatable bonds is 2. The Kier molecular flexibility index (Phi) is 3.66. The molecule has 0 saturated carbocycles. The maximum atomic E-state index is 11.3. The molecule has 3 nitrogen and oxygen atoms in total. The predicted octanol–water partition coefficient (Wildman–Crippen LogP) is 3.74. The van der Waals surface area contributed by atoms with Crippen LogP contribution in [0.15, 0.2) is 32.7 Å². The van der Waals surface area contributed by atoms with Crippen molar-refractivity contribution in [2.45, 2.75) is 6.10 Å². The first-order valence-electron chi connectivity index (χ1n) is 4.64. The standard InChI is InChI=1S/C11H7BrCl2O3/c1-16-7-3-2-5(12)4-6(7)10-8(13)9(14)11(15)17-10/h2-4,10H,1H3/t10-/m0/s1. The van der Waals surface area contributed by atoms with Crippen molar-refractivity contribution in [1.29, 1.82) is 0 Å². The number of carbonyl (C=O) groups is 1. The minimum Gasteiger partial charge on any atom is -0.496 e. The molecule has 1 aliphatic heterocycles. The van der Waals surface area contributed by atoms with E-state index in [1.165, 1.54) is 7.11 Å². The molecule has 0 bridgehead atoms. The van der Waals surface area contributed by atoms with E-state index >= 15 is 0 Å². The Labute approximate surface area is 116 Å². The summed E-state index contributed by atoms with van der Waals surface area (Å²) in [5.41, 5.74) is 0.649. The molecule has 0 unspecified atom stereocenters. The number of methoxy groups -OCH3 is 1. The first-order chi connectivity index (χ1) is 8.04. The topological polar surface area (TPSA) is 35.5 Å². The SMILES string of the molecule is COc1ccc(Br)cc1[C@@H]1OC(=O)C(Cl)=C1Cl. The van der Waals surface area contributed by atoms with Crippen molar-refractivity contribution >= 4 is 45.1 Å². The number of esters is 1. The van der Waals surface area contributed by atoms with Gasteiger partial charge in [-0.3, -0.25) is 0 Å². The Balaban J connectivity index is 2.48. The minimum atomic E-state index is -0.705. The molecule has 1 heterocycles. The number of hydrogen-bond acceptors (Lipinski definition) is 3. The van der Waals surface area contributed by atoms with Gasteiger partial charge in [0.25, 0.3) is 0 Å². The molecule has 0 fully saturated rings. The van der Waals surface area contributed by atoms with E-state index in [4.69, 9.17) is 32.7 Å². The molecular formula is C11H7BrCl2O3. The third kappa shape index (κ3) is 2.30. The van der Waals surface area contributed by atoms with Gasteiger partial charge in [0.1, 0.15) is 10.8 Å². The van der Waals surface area contributed by atoms with E-state index in [0.717, 1.165) is 4.47 Å². The maximum Gasteiger partial charge on any atom is 0.352 e. The maximum absolute atomic E-state index is 11.3. The van der Waals surface area contributed by atoms with Crippen molar-refractivity contribution in [3.8, 4) is 5.75 Å². The Bertz CT molecular complexity index is 513. The molecule has 1 aliphatic rings. The highest BCUT2D eigenvalue weighted by Gasteiger charge is 2.35. The van der Waals surface area contributed by atoms with Gasteiger partial charge in [0.15, 0.2) is 6.10 Å². The lowest BCUT2D eigenvalue weighted by Crippen LogP contribution is -2.04. The summed E-state index contributed by atoms with van der Waals surface area (Å²) in [5.74, 6) is -0.0424. The largest absolute Gasteiger partial charge is 0.496 e. The van der Waals surface area contributed by atoms with Crippen LogP contribution in [-0.2, 0) is 9.53 Å². The Morgan fingerprint density at radius 3 is 2.65 bits per heavy atom. The molecule has 0 radical (unpaired) electrons. The third-order valence-corrected chi connectivity index (χ3v) is 3.65. The Morgan fingerprint density at radius 2 is 2.12 bits per heavy atom. The van der Waals surface area contributed by atoms with Crippen molar-refractivity contribution in [3.05, 3.63) is 38.3 Å². The molecule has 1 aromatic carbocycles. The molecular weight excluding hydrogens is 331 g/mol. The molecule has 1 aromatic rings. The monoisotopic (exact) mass is 336 g/mol. The first-order valence-corrected chi connectivity index (χ1v) is 6.19. The van der Waals surface area contributed by atoms with E-state index < -0.39 is 12.1 Å². The molecule has 2 rings (SSSR count). The summed E-state index contributed by atoms with van der Waals surface area (Å²) in [6, 6.07) is 5.34. The number of carbonyl (C=O) groups excluding carboxylic acids is 1. The predicted molar refractivity (Wildman–Crippen MR) is 68.3 cm³/mol. The fourth-order valence-corrected chi connectivity index (χ4v) is 2.29. The number of cyclic esters (lactones) is 1. The van der Waals surface area contributed by atoms with Gasteiger partial charge in [-0.2, -0.15) is 0 Å². The van der Waals surface area contributed by atoms with Crippen molar-refractivity contribution in [1.82, 2.24) is 0 Å². The zero-order valence-electron chi connectivity index (χ0n) is 8.67. The average Bonchev–Trinajstić information content (AvgIpc) is 2.57. The smallest absolute Gasteiger partial charge is 0.352 e. The molecule has 0 aliphatic carbocycles. The van der Waals surface area contributed by atoms with Gasteiger partial charge in [-0.05, 0) is 18.2 Å². The fraction of sp³-hybridized carbons (Fsp3) is 0.182. The summed E-state index contributed by atoms with van der Waals surface area (Å²) in [7, 11) is 1.53. The molecule has 1 atom stereocenters. The lowest BCUT2D eigenvalue weighted by Gasteiger charge is -2.14. The van der Waals surface area contributed by atoms with Crippen molar-refractivity contribution in [2.75, 3.05) is 7.11 Å². The summed E-state index contributed by atoms with van der Waals surface area (Å²) in [5, 5.41) is 0.0896. The normalized spacial score (nSPS) is 19.5. The van der Waals surface area contributed by atoms with Crippen LogP contribution in [0.1, 0.15) is 11.7 Å². The number of benzene rings is 1. The summed E-state index contributed by atoms with van der Waals surface area (Å²) in [6.07, 6.45) is -0.705. The van der Waals surface area contributed by atoms with Gasteiger partial charge in [0, 0.05) is 10.0 Å². The summed E-state index contributed by atoms with van der Waals surface area (Å²) in [6.45, 7) is 0. The zero-order valence-corrected chi connectivity index (χ0v) is 11.8. The Morgan fingerprint density at radius 1 is 1.41 bits per heavy atom. The van der Waals surface area contributed by atoms with Gasteiger partial charge in [0.2, 0.25) is 0 Å². The molecule has 0 spiro atoms. The number of hydrogen-bond donors (Lipinski definition) is 0. The molecule has 0 aromatic heterocycles. The van der Waals surface area contributed by atoms with Gasteiger partial charge in [0.05, 0.1) is 12.1 Å². The van der Waals surface area contributed by atoms with E-state index in [2.05, 4.69) is 15.9 Å². The highest BCUT2D eigenvalue weighted by Crippen LogP contribution is 2.43. The fourth-order valence-electron chi connectivity index (χ4n) is 1.53. The molecule has 17 heavy (non-hydrogen) atoms. The summed E-state index contributed by atoms with van der Waals surface area (Å²) >= 11 is 15.0. The van der Waals surface area contributed by atoms with Crippen molar-refractivity contribution in [3.63, 3.8) is 0 Å². The third-order valence-electron chi connectivity index (χ3n) is 2.32. The molecule has 0 saturated heterocycles. The molecule has 6 heteroatoms. The second-order valence-electron chi connectivity index (χ2n) is 3.33. The van der Waals surface area contributed by atoms with Crippen molar-refractivity contribution < 1.29 is 14.3 Å². The minimum absolute atomic E-state index is 0.0845. The summed E-state index contributed by atoms with van der Waals surface area (Å²) < 4.78 is 11.1. The van der Waals surface area contributed by atoms with E-state index in [9.17, 15) is 4.79 Å². The van der Waals surface area contributed by atoms with E-state index in [0.29, 0.717) is 11.3 Å². The van der Waals surface area contributed by atoms with Gasteiger partial charge >= 0.3 is 5.97 Å². The summed E-state index contributed by atoms with van der Waals surface area (Å²) in [4.78, 5) is 11.3. The molecule has 0 N–H and O–H groups in total.